The van der Waals surface area contributed by atoms with Crippen LogP contribution in [0.4, 0.5) is 24.0 Å². The van der Waals surface area contributed by atoms with E-state index in [9.17, 15) is 13.2 Å². The molecule has 10 heteroatoms. The number of hydrogen-bond donors (Lipinski definition) is 1. The molecule has 2 heterocycles. The minimum absolute atomic E-state index is 0.144. The highest BCUT2D eigenvalue weighted by molar-refractivity contribution is 7.14. The van der Waals surface area contributed by atoms with Crippen molar-refractivity contribution in [1.29, 1.82) is 0 Å². The van der Waals surface area contributed by atoms with Crippen LogP contribution in [0, 0.1) is 5.92 Å². The van der Waals surface area contributed by atoms with Gasteiger partial charge >= 0.3 is 12.2 Å². The standard InChI is InChI=1S/C23H25F3N4O2S/c1-31-21-27-12-16(13-28-21)19-14-33-22(30-19)29-17-8-9-20(18(11-17)23(24,25)26)32-10-4-7-15-5-2-3-6-15/h8-9,11-15H,2-7,10H2,1H3,(H,29,30). The number of anilines is 2. The van der Waals surface area contributed by atoms with Crippen molar-refractivity contribution in [1.82, 2.24) is 15.0 Å². The molecule has 1 N–H and O–H groups in total. The summed E-state index contributed by atoms with van der Waals surface area (Å²) in [5, 5.41) is 5.18. The summed E-state index contributed by atoms with van der Waals surface area (Å²) < 4.78 is 51.5. The van der Waals surface area contributed by atoms with Crippen LogP contribution in [0.1, 0.15) is 44.1 Å². The normalized spacial score (nSPS) is 14.4. The Morgan fingerprint density at radius 3 is 2.61 bits per heavy atom. The molecule has 1 aliphatic rings. The summed E-state index contributed by atoms with van der Waals surface area (Å²) in [6, 6.07) is 4.24. The predicted octanol–water partition coefficient (Wildman–Crippen LogP) is 6.72. The predicted molar refractivity (Wildman–Crippen MR) is 121 cm³/mol. The molecule has 1 saturated carbocycles. The Morgan fingerprint density at radius 1 is 1.15 bits per heavy atom. The number of rotatable bonds is 9. The van der Waals surface area contributed by atoms with Crippen LogP contribution in [0.5, 0.6) is 11.8 Å². The first-order valence-electron chi connectivity index (χ1n) is 10.9. The van der Waals surface area contributed by atoms with Crippen molar-refractivity contribution in [3.05, 3.63) is 41.5 Å². The number of hydrogen-bond acceptors (Lipinski definition) is 7. The first kappa shape index (κ1) is 23.3. The molecular weight excluding hydrogens is 453 g/mol. The lowest BCUT2D eigenvalue weighted by Gasteiger charge is -2.16. The number of alkyl halides is 3. The van der Waals surface area contributed by atoms with Crippen LogP contribution in [0.2, 0.25) is 0 Å². The second-order valence-electron chi connectivity index (χ2n) is 7.97. The van der Waals surface area contributed by atoms with Gasteiger partial charge in [0.2, 0.25) is 0 Å². The highest BCUT2D eigenvalue weighted by Gasteiger charge is 2.35. The van der Waals surface area contributed by atoms with Crippen molar-refractivity contribution in [2.45, 2.75) is 44.7 Å². The van der Waals surface area contributed by atoms with E-state index in [1.165, 1.54) is 50.2 Å². The number of halogens is 3. The summed E-state index contributed by atoms with van der Waals surface area (Å²) in [4.78, 5) is 12.5. The van der Waals surface area contributed by atoms with Gasteiger partial charge in [-0.3, -0.25) is 0 Å². The van der Waals surface area contributed by atoms with Crippen LogP contribution in [-0.2, 0) is 6.18 Å². The van der Waals surface area contributed by atoms with E-state index < -0.39 is 11.7 Å². The fourth-order valence-corrected chi connectivity index (χ4v) is 4.69. The van der Waals surface area contributed by atoms with Gasteiger partial charge in [-0.1, -0.05) is 25.7 Å². The lowest BCUT2D eigenvalue weighted by molar-refractivity contribution is -0.138. The molecule has 0 aliphatic heterocycles. The number of nitrogens with zero attached hydrogens (tertiary/aromatic N) is 3. The summed E-state index contributed by atoms with van der Waals surface area (Å²) in [7, 11) is 1.47. The third kappa shape index (κ3) is 6.13. The smallest absolute Gasteiger partial charge is 0.420 e. The summed E-state index contributed by atoms with van der Waals surface area (Å²) in [6.45, 7) is 0.284. The molecule has 6 nitrogen and oxygen atoms in total. The van der Waals surface area contributed by atoms with E-state index in [1.807, 2.05) is 0 Å². The summed E-state index contributed by atoms with van der Waals surface area (Å²) in [6.07, 6.45) is 5.35. The first-order chi connectivity index (χ1) is 15.9. The van der Waals surface area contributed by atoms with E-state index in [1.54, 1.807) is 23.8 Å². The van der Waals surface area contributed by atoms with Crippen molar-refractivity contribution >= 4 is 22.2 Å². The highest BCUT2D eigenvalue weighted by atomic mass is 32.1. The van der Waals surface area contributed by atoms with Gasteiger partial charge in [0.25, 0.3) is 0 Å². The number of nitrogens with one attached hydrogen (secondary N) is 1. The Morgan fingerprint density at radius 2 is 1.91 bits per heavy atom. The van der Waals surface area contributed by atoms with Gasteiger partial charge in [-0.25, -0.2) is 15.0 Å². The van der Waals surface area contributed by atoms with Crippen molar-refractivity contribution < 1.29 is 22.6 Å². The molecule has 0 radical (unpaired) electrons. The number of methoxy groups -OCH3 is 1. The molecule has 3 aromatic rings. The third-order valence-corrected chi connectivity index (χ3v) is 6.39. The summed E-state index contributed by atoms with van der Waals surface area (Å²) in [5.41, 5.74) is 0.780. The number of ether oxygens (including phenoxy) is 2. The molecule has 0 amide bonds. The lowest BCUT2D eigenvalue weighted by atomic mass is 10.0. The van der Waals surface area contributed by atoms with Crippen LogP contribution < -0.4 is 14.8 Å². The Kier molecular flexibility index (Phi) is 7.32. The SMILES string of the molecule is COc1ncc(-c2csc(Nc3ccc(OCCCC4CCCC4)c(C(F)(F)F)c3)n2)cn1. The van der Waals surface area contributed by atoms with Gasteiger partial charge in [0.1, 0.15) is 5.75 Å². The van der Waals surface area contributed by atoms with Gasteiger partial charge in [0, 0.05) is 29.0 Å². The van der Waals surface area contributed by atoms with E-state index in [4.69, 9.17) is 9.47 Å². The average Bonchev–Trinajstić information content (AvgIpc) is 3.49. The van der Waals surface area contributed by atoms with Crippen molar-refractivity contribution in [2.24, 2.45) is 5.92 Å². The highest BCUT2D eigenvalue weighted by Crippen LogP contribution is 2.39. The minimum Gasteiger partial charge on any atom is -0.493 e. The van der Waals surface area contributed by atoms with Gasteiger partial charge in [-0.2, -0.15) is 13.2 Å². The molecule has 4 rings (SSSR count). The van der Waals surface area contributed by atoms with E-state index in [0.29, 0.717) is 22.3 Å². The maximum absolute atomic E-state index is 13.7. The van der Waals surface area contributed by atoms with Gasteiger partial charge in [-0.05, 0) is 37.0 Å². The molecule has 176 valence electrons. The molecule has 1 fully saturated rings. The zero-order valence-corrected chi connectivity index (χ0v) is 19.0. The quantitative estimate of drug-likeness (QED) is 0.344. The average molecular weight is 479 g/mol. The first-order valence-corrected chi connectivity index (χ1v) is 11.7. The Labute approximate surface area is 194 Å². The van der Waals surface area contributed by atoms with E-state index in [0.717, 1.165) is 18.9 Å². The van der Waals surface area contributed by atoms with Gasteiger partial charge in [0.15, 0.2) is 5.13 Å². The van der Waals surface area contributed by atoms with Gasteiger partial charge < -0.3 is 14.8 Å². The largest absolute Gasteiger partial charge is 0.493 e. The molecule has 0 bridgehead atoms. The molecule has 1 aliphatic carbocycles. The number of benzene rings is 1. The van der Waals surface area contributed by atoms with Crippen molar-refractivity contribution in [3.63, 3.8) is 0 Å². The van der Waals surface area contributed by atoms with Crippen molar-refractivity contribution in [3.8, 4) is 23.0 Å². The molecule has 33 heavy (non-hydrogen) atoms. The van der Waals surface area contributed by atoms with Crippen molar-refractivity contribution in [2.75, 3.05) is 19.0 Å². The molecular formula is C23H25F3N4O2S. The monoisotopic (exact) mass is 478 g/mol. The number of aromatic nitrogens is 3. The van der Waals surface area contributed by atoms with E-state index in [-0.39, 0.29) is 24.1 Å². The minimum atomic E-state index is -4.52. The molecule has 0 atom stereocenters. The zero-order valence-electron chi connectivity index (χ0n) is 18.2. The summed E-state index contributed by atoms with van der Waals surface area (Å²) >= 11 is 1.27. The third-order valence-electron chi connectivity index (χ3n) is 5.64. The molecule has 2 aromatic heterocycles. The second-order valence-corrected chi connectivity index (χ2v) is 8.83. The maximum Gasteiger partial charge on any atom is 0.420 e. The Hall–Kier alpha value is -2.88. The van der Waals surface area contributed by atoms with Crippen LogP contribution in [0.15, 0.2) is 36.0 Å². The molecule has 0 saturated heterocycles. The van der Waals surface area contributed by atoms with Crippen LogP contribution >= 0.6 is 11.3 Å². The van der Waals surface area contributed by atoms with Crippen LogP contribution in [0.3, 0.4) is 0 Å². The second kappa shape index (κ2) is 10.4. The van der Waals surface area contributed by atoms with E-state index >= 15 is 0 Å². The van der Waals surface area contributed by atoms with Crippen LogP contribution in [0.25, 0.3) is 11.3 Å². The zero-order chi connectivity index (χ0) is 23.3. The Bertz CT molecular complexity index is 1050. The fourth-order valence-electron chi connectivity index (χ4n) is 3.95. The topological polar surface area (TPSA) is 69.2 Å². The fraction of sp³-hybridized carbons (Fsp3) is 0.435. The van der Waals surface area contributed by atoms with E-state index in [2.05, 4.69) is 20.3 Å². The molecule has 0 spiro atoms. The lowest BCUT2D eigenvalue weighted by Crippen LogP contribution is -2.10. The summed E-state index contributed by atoms with van der Waals surface area (Å²) in [5.74, 6) is 0.546. The van der Waals surface area contributed by atoms with Gasteiger partial charge in [0.05, 0.1) is 25.0 Å². The maximum atomic E-state index is 13.7. The molecule has 1 aromatic carbocycles. The van der Waals surface area contributed by atoms with Gasteiger partial charge in [-0.15, -0.1) is 11.3 Å². The Balaban J connectivity index is 1.42. The molecule has 0 unspecified atom stereocenters. The number of thiazole rings is 1. The van der Waals surface area contributed by atoms with Crippen LogP contribution in [-0.4, -0.2) is 28.7 Å².